The van der Waals surface area contributed by atoms with Crippen LogP contribution in [-0.2, 0) is 6.54 Å². The monoisotopic (exact) mass is 368 g/mol. The first-order chi connectivity index (χ1) is 13.7. The molecule has 3 unspecified atom stereocenters. The molecule has 3 heteroatoms. The number of benzene rings is 3. The normalized spacial score (nSPS) is 23.9. The van der Waals surface area contributed by atoms with Crippen molar-refractivity contribution in [1.29, 1.82) is 0 Å². The van der Waals surface area contributed by atoms with Crippen molar-refractivity contribution in [2.24, 2.45) is 0 Å². The van der Waals surface area contributed by atoms with E-state index in [9.17, 15) is 0 Å². The number of aryl methyl sites for hydroxylation is 1. The minimum Gasteiger partial charge on any atom is -0.454 e. The highest BCUT2D eigenvalue weighted by Crippen LogP contribution is 2.46. The van der Waals surface area contributed by atoms with Crippen molar-refractivity contribution < 1.29 is 4.42 Å². The third-order valence-electron chi connectivity index (χ3n) is 6.72. The molecule has 7 rings (SSSR count). The van der Waals surface area contributed by atoms with Gasteiger partial charge in [0.25, 0.3) is 0 Å². The van der Waals surface area contributed by atoms with Gasteiger partial charge in [0.2, 0.25) is 0 Å². The first-order valence-electron chi connectivity index (χ1n) is 10.2. The maximum atomic E-state index is 6.44. The number of furan rings is 1. The Morgan fingerprint density at radius 3 is 2.68 bits per heavy atom. The molecule has 1 saturated heterocycles. The summed E-state index contributed by atoms with van der Waals surface area (Å²) in [4.78, 5) is 5.22. The van der Waals surface area contributed by atoms with E-state index in [0.717, 1.165) is 30.7 Å². The predicted octanol–water partition coefficient (Wildman–Crippen LogP) is 6.01. The molecule has 0 saturated carbocycles. The van der Waals surface area contributed by atoms with Gasteiger partial charge in [-0.2, -0.15) is 0 Å². The molecule has 3 nitrogen and oxygen atoms in total. The Morgan fingerprint density at radius 1 is 0.929 bits per heavy atom. The van der Waals surface area contributed by atoms with Crippen molar-refractivity contribution in [3.63, 3.8) is 0 Å². The average molecular weight is 368 g/mol. The number of nitrogens with zero attached hydrogens (tertiary/aromatic N) is 2. The standard InChI is InChI=1S/C25H24N2O/c1-16-11-12-21-20-9-5-6-10-23(20)28-25(21)24(16)27-17(2)26-14-13-22(27)19-8-4-3-7-18(19)15-26/h3-12,17,22H,13-15H2,1-2H3. The minimum absolute atomic E-state index is 0.337. The zero-order valence-electron chi connectivity index (χ0n) is 16.4. The Morgan fingerprint density at radius 2 is 1.75 bits per heavy atom. The van der Waals surface area contributed by atoms with E-state index in [1.807, 2.05) is 0 Å². The van der Waals surface area contributed by atoms with Gasteiger partial charge in [-0.3, -0.25) is 4.90 Å². The summed E-state index contributed by atoms with van der Waals surface area (Å²) in [7, 11) is 0. The molecule has 0 aliphatic carbocycles. The largest absolute Gasteiger partial charge is 0.454 e. The van der Waals surface area contributed by atoms with E-state index >= 15 is 0 Å². The first kappa shape index (κ1) is 16.2. The Balaban J connectivity index is 1.64. The average Bonchev–Trinajstić information content (AvgIpc) is 2.92. The second-order valence-electron chi connectivity index (χ2n) is 8.22. The maximum Gasteiger partial charge on any atom is 0.159 e. The van der Waals surface area contributed by atoms with Crippen molar-refractivity contribution in [3.05, 3.63) is 77.4 Å². The number of rotatable bonds is 1. The van der Waals surface area contributed by atoms with E-state index in [-0.39, 0.29) is 0 Å². The van der Waals surface area contributed by atoms with Crippen LogP contribution < -0.4 is 4.90 Å². The zero-order valence-corrected chi connectivity index (χ0v) is 16.4. The number of hydrogen-bond donors (Lipinski definition) is 0. The molecule has 1 fully saturated rings. The maximum absolute atomic E-state index is 6.44. The van der Waals surface area contributed by atoms with E-state index in [1.165, 1.54) is 33.2 Å². The summed E-state index contributed by atoms with van der Waals surface area (Å²) in [6.07, 6.45) is 1.49. The van der Waals surface area contributed by atoms with Crippen LogP contribution in [0, 0.1) is 6.92 Å². The van der Waals surface area contributed by atoms with Crippen LogP contribution in [0.5, 0.6) is 0 Å². The van der Waals surface area contributed by atoms with Crippen molar-refractivity contribution in [2.75, 3.05) is 11.4 Å². The molecule has 4 heterocycles. The fourth-order valence-corrected chi connectivity index (χ4v) is 5.33. The molecule has 3 aliphatic heterocycles. The smallest absolute Gasteiger partial charge is 0.159 e. The first-order valence-corrected chi connectivity index (χ1v) is 10.2. The topological polar surface area (TPSA) is 19.6 Å². The highest BCUT2D eigenvalue weighted by Gasteiger charge is 2.40. The summed E-state index contributed by atoms with van der Waals surface area (Å²) in [5.74, 6) is 0. The van der Waals surface area contributed by atoms with Crippen LogP contribution in [0.25, 0.3) is 21.9 Å². The molecule has 0 N–H and O–H groups in total. The third-order valence-corrected chi connectivity index (χ3v) is 6.72. The molecular formula is C25H24N2O. The van der Waals surface area contributed by atoms with Crippen LogP contribution in [-0.4, -0.2) is 17.6 Å². The van der Waals surface area contributed by atoms with Crippen molar-refractivity contribution in [2.45, 2.75) is 39.0 Å². The van der Waals surface area contributed by atoms with Gasteiger partial charge in [0.15, 0.2) is 5.58 Å². The van der Waals surface area contributed by atoms with E-state index in [1.54, 1.807) is 0 Å². The minimum atomic E-state index is 0.337. The zero-order chi connectivity index (χ0) is 18.8. The van der Waals surface area contributed by atoms with Crippen LogP contribution in [0.2, 0.25) is 0 Å². The van der Waals surface area contributed by atoms with Crippen molar-refractivity contribution in [1.82, 2.24) is 4.90 Å². The Kier molecular flexibility index (Phi) is 3.39. The lowest BCUT2D eigenvalue weighted by Crippen LogP contribution is -2.51. The Hall–Kier alpha value is -2.78. The van der Waals surface area contributed by atoms with Crippen molar-refractivity contribution >= 4 is 27.6 Å². The molecule has 3 aromatic carbocycles. The predicted molar refractivity (Wildman–Crippen MR) is 115 cm³/mol. The Labute approximate surface area is 165 Å². The molecule has 4 aromatic rings. The number of para-hydroxylation sites is 1. The van der Waals surface area contributed by atoms with Gasteiger partial charge in [0.1, 0.15) is 5.58 Å². The number of anilines is 1. The molecular weight excluding hydrogens is 344 g/mol. The summed E-state index contributed by atoms with van der Waals surface area (Å²) in [6.45, 7) is 6.74. The van der Waals surface area contributed by atoms with Gasteiger partial charge in [-0.05, 0) is 43.0 Å². The van der Waals surface area contributed by atoms with Gasteiger partial charge in [-0.25, -0.2) is 0 Å². The fourth-order valence-electron chi connectivity index (χ4n) is 5.33. The summed E-state index contributed by atoms with van der Waals surface area (Å²) in [6, 6.07) is 22.2. The van der Waals surface area contributed by atoms with Gasteiger partial charge in [0, 0.05) is 23.9 Å². The van der Waals surface area contributed by atoms with Crippen LogP contribution >= 0.6 is 0 Å². The molecule has 3 atom stereocenters. The van der Waals surface area contributed by atoms with Crippen LogP contribution in [0.1, 0.15) is 36.1 Å². The van der Waals surface area contributed by atoms with E-state index in [2.05, 4.69) is 84.3 Å². The van der Waals surface area contributed by atoms with Gasteiger partial charge in [0.05, 0.1) is 17.9 Å². The summed E-state index contributed by atoms with van der Waals surface area (Å²) in [5, 5.41) is 2.42. The lowest BCUT2D eigenvalue weighted by Gasteiger charge is -2.46. The second kappa shape index (κ2) is 5.86. The highest BCUT2D eigenvalue weighted by atomic mass is 16.3. The summed E-state index contributed by atoms with van der Waals surface area (Å²) in [5.41, 5.74) is 7.48. The quantitative estimate of drug-likeness (QED) is 0.410. The molecule has 0 amide bonds. The highest BCUT2D eigenvalue weighted by molar-refractivity contribution is 6.09. The second-order valence-corrected chi connectivity index (χ2v) is 8.22. The van der Waals surface area contributed by atoms with Gasteiger partial charge in [-0.15, -0.1) is 0 Å². The van der Waals surface area contributed by atoms with Gasteiger partial charge < -0.3 is 9.32 Å². The van der Waals surface area contributed by atoms with Crippen LogP contribution in [0.15, 0.2) is 65.1 Å². The van der Waals surface area contributed by atoms with E-state index in [4.69, 9.17) is 4.42 Å². The van der Waals surface area contributed by atoms with Crippen LogP contribution in [0.4, 0.5) is 5.69 Å². The summed E-state index contributed by atoms with van der Waals surface area (Å²) < 4.78 is 6.44. The van der Waals surface area contributed by atoms with E-state index < -0.39 is 0 Å². The molecule has 0 spiro atoms. The lowest BCUT2D eigenvalue weighted by atomic mass is 9.95. The third kappa shape index (κ3) is 2.14. The lowest BCUT2D eigenvalue weighted by molar-refractivity contribution is 0.154. The van der Waals surface area contributed by atoms with E-state index in [0.29, 0.717) is 12.2 Å². The molecule has 28 heavy (non-hydrogen) atoms. The SMILES string of the molecule is Cc1ccc2c(oc3ccccc32)c1N1C2CCN(Cc3ccccc32)C1C. The molecule has 2 bridgehead atoms. The summed E-state index contributed by atoms with van der Waals surface area (Å²) >= 11 is 0. The van der Waals surface area contributed by atoms with Gasteiger partial charge >= 0.3 is 0 Å². The number of fused-ring (bicyclic) bond motifs is 5. The fraction of sp³-hybridized carbons (Fsp3) is 0.280. The number of hydrogen-bond acceptors (Lipinski definition) is 3. The van der Waals surface area contributed by atoms with Gasteiger partial charge in [-0.1, -0.05) is 54.6 Å². The molecule has 3 aliphatic rings. The Bertz CT molecular complexity index is 1210. The molecule has 0 radical (unpaired) electrons. The molecule has 140 valence electrons. The molecule has 1 aromatic heterocycles. The van der Waals surface area contributed by atoms with Crippen LogP contribution in [0.3, 0.4) is 0 Å². The van der Waals surface area contributed by atoms with Crippen molar-refractivity contribution in [3.8, 4) is 0 Å².